The molecule has 0 radical (unpaired) electrons. The predicted octanol–water partition coefficient (Wildman–Crippen LogP) is 2.68. The number of thioether (sulfide) groups is 1. The average Bonchev–Trinajstić information content (AvgIpc) is 1.98. The van der Waals surface area contributed by atoms with Crippen molar-refractivity contribution in [1.82, 2.24) is 0 Å². The van der Waals surface area contributed by atoms with E-state index in [1.807, 2.05) is 11.8 Å². The van der Waals surface area contributed by atoms with E-state index in [2.05, 4.69) is 19.9 Å². The van der Waals surface area contributed by atoms with Crippen LogP contribution in [0.1, 0.15) is 26.7 Å². The molecule has 1 nitrogen and oxygen atoms in total. The van der Waals surface area contributed by atoms with E-state index in [4.69, 9.17) is 5.26 Å². The highest BCUT2D eigenvalue weighted by Crippen LogP contribution is 2.11. The first-order valence-corrected chi connectivity index (χ1v) is 4.91. The van der Waals surface area contributed by atoms with Gasteiger partial charge in [0, 0.05) is 12.2 Å². The Bertz CT molecular complexity index is 106. The Balaban J connectivity index is 2.98. The standard InChI is InChI=1S/C8H15NS/c1-3-8(2)7-10-6-4-5-9/h8H,3-4,6-7H2,1-2H3. The third-order valence-corrected chi connectivity index (χ3v) is 2.76. The SMILES string of the molecule is CCC(C)CSCCC#N. The molecule has 0 aliphatic heterocycles. The maximum Gasteiger partial charge on any atom is 0.0630 e. The largest absolute Gasteiger partial charge is 0.198 e. The average molecular weight is 157 g/mol. The van der Waals surface area contributed by atoms with Gasteiger partial charge >= 0.3 is 0 Å². The Morgan fingerprint density at radius 3 is 2.80 bits per heavy atom. The van der Waals surface area contributed by atoms with Crippen molar-refractivity contribution in [3.05, 3.63) is 0 Å². The Hall–Kier alpha value is -0.160. The summed E-state index contributed by atoms with van der Waals surface area (Å²) in [5.74, 6) is 3.02. The fraction of sp³-hybridized carbons (Fsp3) is 0.875. The normalized spacial score (nSPS) is 12.5. The van der Waals surface area contributed by atoms with Crippen LogP contribution in [0, 0.1) is 17.2 Å². The molecule has 0 aliphatic rings. The molecule has 0 bridgehead atoms. The number of nitriles is 1. The first-order chi connectivity index (χ1) is 4.81. The quantitative estimate of drug-likeness (QED) is 0.573. The summed E-state index contributed by atoms with van der Waals surface area (Å²) in [4.78, 5) is 0. The molecule has 1 unspecified atom stereocenters. The number of nitrogens with zero attached hydrogens (tertiary/aromatic N) is 1. The van der Waals surface area contributed by atoms with Crippen LogP contribution < -0.4 is 0 Å². The molecule has 0 amide bonds. The van der Waals surface area contributed by atoms with E-state index >= 15 is 0 Å². The van der Waals surface area contributed by atoms with Crippen molar-refractivity contribution in [2.45, 2.75) is 26.7 Å². The topological polar surface area (TPSA) is 23.8 Å². The van der Waals surface area contributed by atoms with Gasteiger partial charge in [-0.15, -0.1) is 0 Å². The molecule has 10 heavy (non-hydrogen) atoms. The Morgan fingerprint density at radius 2 is 2.30 bits per heavy atom. The van der Waals surface area contributed by atoms with Crippen molar-refractivity contribution in [3.63, 3.8) is 0 Å². The van der Waals surface area contributed by atoms with Crippen LogP contribution in [0.25, 0.3) is 0 Å². The minimum Gasteiger partial charge on any atom is -0.198 e. The molecular formula is C8H15NS. The first kappa shape index (κ1) is 9.84. The fourth-order valence-electron chi connectivity index (χ4n) is 0.520. The highest BCUT2D eigenvalue weighted by Gasteiger charge is 1.96. The summed E-state index contributed by atoms with van der Waals surface area (Å²) in [6, 6.07) is 2.14. The summed E-state index contributed by atoms with van der Waals surface area (Å²) in [5.41, 5.74) is 0. The van der Waals surface area contributed by atoms with Crippen LogP contribution in [-0.4, -0.2) is 11.5 Å². The van der Waals surface area contributed by atoms with Crippen LogP contribution in [0.3, 0.4) is 0 Å². The van der Waals surface area contributed by atoms with Gasteiger partial charge < -0.3 is 0 Å². The van der Waals surface area contributed by atoms with Crippen molar-refractivity contribution >= 4 is 11.8 Å². The summed E-state index contributed by atoms with van der Waals surface area (Å²) in [6.07, 6.45) is 1.95. The van der Waals surface area contributed by atoms with Crippen LogP contribution >= 0.6 is 11.8 Å². The molecule has 0 spiro atoms. The summed E-state index contributed by atoms with van der Waals surface area (Å²) in [7, 11) is 0. The van der Waals surface area contributed by atoms with Gasteiger partial charge in [-0.25, -0.2) is 0 Å². The van der Waals surface area contributed by atoms with Gasteiger partial charge in [0.25, 0.3) is 0 Å². The molecule has 0 rings (SSSR count). The second-order valence-electron chi connectivity index (χ2n) is 2.50. The smallest absolute Gasteiger partial charge is 0.0630 e. The molecule has 0 heterocycles. The molecule has 0 fully saturated rings. The molecular weight excluding hydrogens is 142 g/mol. The van der Waals surface area contributed by atoms with Crippen LogP contribution in [0.5, 0.6) is 0 Å². The van der Waals surface area contributed by atoms with Gasteiger partial charge in [-0.1, -0.05) is 20.3 Å². The minimum absolute atomic E-state index is 0.696. The van der Waals surface area contributed by atoms with E-state index in [1.54, 1.807) is 0 Å². The van der Waals surface area contributed by atoms with Gasteiger partial charge in [-0.3, -0.25) is 0 Å². The van der Waals surface area contributed by atoms with Gasteiger partial charge in [-0.2, -0.15) is 17.0 Å². The lowest BCUT2D eigenvalue weighted by molar-refractivity contribution is 0.637. The van der Waals surface area contributed by atoms with Gasteiger partial charge in [0.05, 0.1) is 6.07 Å². The highest BCUT2D eigenvalue weighted by molar-refractivity contribution is 7.99. The van der Waals surface area contributed by atoms with Crippen LogP contribution in [0.15, 0.2) is 0 Å². The number of hydrogen-bond acceptors (Lipinski definition) is 2. The maximum absolute atomic E-state index is 8.23. The van der Waals surface area contributed by atoms with E-state index in [-0.39, 0.29) is 0 Å². The molecule has 2 heteroatoms. The molecule has 0 aromatic carbocycles. The molecule has 0 saturated heterocycles. The Kier molecular flexibility index (Phi) is 6.84. The monoisotopic (exact) mass is 157 g/mol. The minimum atomic E-state index is 0.696. The van der Waals surface area contributed by atoms with Crippen molar-refractivity contribution in [1.29, 1.82) is 5.26 Å². The Labute approximate surface area is 67.8 Å². The second kappa shape index (κ2) is 6.95. The van der Waals surface area contributed by atoms with E-state index in [0.29, 0.717) is 6.42 Å². The molecule has 1 atom stereocenters. The van der Waals surface area contributed by atoms with Gasteiger partial charge in [-0.05, 0) is 11.7 Å². The first-order valence-electron chi connectivity index (χ1n) is 3.76. The lowest BCUT2D eigenvalue weighted by Crippen LogP contribution is -1.95. The van der Waals surface area contributed by atoms with Crippen LogP contribution in [0.2, 0.25) is 0 Å². The molecule has 0 N–H and O–H groups in total. The van der Waals surface area contributed by atoms with Gasteiger partial charge in [0.1, 0.15) is 0 Å². The maximum atomic E-state index is 8.23. The molecule has 0 aliphatic carbocycles. The van der Waals surface area contributed by atoms with Crippen molar-refractivity contribution < 1.29 is 0 Å². The Morgan fingerprint density at radius 1 is 1.60 bits per heavy atom. The summed E-state index contributed by atoms with van der Waals surface area (Å²) in [5, 5.41) is 8.23. The molecule has 58 valence electrons. The lowest BCUT2D eigenvalue weighted by atomic mass is 10.2. The lowest BCUT2D eigenvalue weighted by Gasteiger charge is -2.05. The zero-order valence-corrected chi connectivity index (χ0v) is 7.58. The molecule has 0 aromatic heterocycles. The fourth-order valence-corrected chi connectivity index (χ4v) is 1.56. The van der Waals surface area contributed by atoms with E-state index < -0.39 is 0 Å². The van der Waals surface area contributed by atoms with Crippen LogP contribution in [0.4, 0.5) is 0 Å². The van der Waals surface area contributed by atoms with Crippen LogP contribution in [-0.2, 0) is 0 Å². The third-order valence-electron chi connectivity index (χ3n) is 1.46. The second-order valence-corrected chi connectivity index (χ2v) is 3.65. The summed E-state index contributed by atoms with van der Waals surface area (Å²) in [6.45, 7) is 4.45. The van der Waals surface area contributed by atoms with Crippen molar-refractivity contribution in [2.24, 2.45) is 5.92 Å². The zero-order chi connectivity index (χ0) is 7.82. The van der Waals surface area contributed by atoms with Gasteiger partial charge in [0.15, 0.2) is 0 Å². The molecule has 0 aromatic rings. The molecule has 0 saturated carbocycles. The van der Waals surface area contributed by atoms with Crippen molar-refractivity contribution in [3.8, 4) is 6.07 Å². The predicted molar refractivity (Wildman–Crippen MR) is 47.0 cm³/mol. The van der Waals surface area contributed by atoms with E-state index in [1.165, 1.54) is 12.2 Å². The van der Waals surface area contributed by atoms with Gasteiger partial charge in [0.2, 0.25) is 0 Å². The zero-order valence-electron chi connectivity index (χ0n) is 6.76. The number of rotatable bonds is 5. The van der Waals surface area contributed by atoms with E-state index in [0.717, 1.165) is 11.7 Å². The highest BCUT2D eigenvalue weighted by atomic mass is 32.2. The number of hydrogen-bond donors (Lipinski definition) is 0. The summed E-state index contributed by atoms with van der Waals surface area (Å²) >= 11 is 1.89. The summed E-state index contributed by atoms with van der Waals surface area (Å²) < 4.78 is 0. The van der Waals surface area contributed by atoms with E-state index in [9.17, 15) is 0 Å². The van der Waals surface area contributed by atoms with Crippen molar-refractivity contribution in [2.75, 3.05) is 11.5 Å². The third kappa shape index (κ3) is 5.97.